The lowest BCUT2D eigenvalue weighted by atomic mass is 9.99. The Balaban J connectivity index is 2.54. The van der Waals surface area contributed by atoms with Gasteiger partial charge in [-0.2, -0.15) is 0 Å². The zero-order valence-electron chi connectivity index (χ0n) is 10.7. The van der Waals surface area contributed by atoms with Crippen molar-refractivity contribution in [3.63, 3.8) is 0 Å². The summed E-state index contributed by atoms with van der Waals surface area (Å²) in [5.41, 5.74) is 1.51. The lowest BCUT2D eigenvalue weighted by molar-refractivity contribution is 0.0697. The van der Waals surface area contributed by atoms with Crippen LogP contribution in [-0.4, -0.2) is 21.0 Å². The summed E-state index contributed by atoms with van der Waals surface area (Å²) in [4.78, 5) is 28.3. The molecular weight excluding hydrogens is 244 g/mol. The number of carboxylic acid groups (broad SMARTS) is 1. The van der Waals surface area contributed by atoms with Gasteiger partial charge in [-0.15, -0.1) is 0 Å². The Morgan fingerprint density at radius 2 is 1.89 bits per heavy atom. The molecule has 1 aromatic carbocycles. The molecule has 0 fully saturated rings. The van der Waals surface area contributed by atoms with Gasteiger partial charge in [0.2, 0.25) is 0 Å². The van der Waals surface area contributed by atoms with Gasteiger partial charge in [0, 0.05) is 6.20 Å². The van der Waals surface area contributed by atoms with Gasteiger partial charge in [-0.05, 0) is 17.0 Å². The summed E-state index contributed by atoms with van der Waals surface area (Å²) in [6, 6.07) is 7.44. The number of hydrogen-bond acceptors (Lipinski definition) is 3. The Morgan fingerprint density at radius 3 is 2.42 bits per heavy atom. The molecule has 0 aliphatic carbocycles. The summed E-state index contributed by atoms with van der Waals surface area (Å²) in [6.07, 6.45) is 1.08. The molecule has 0 atom stereocenters. The van der Waals surface area contributed by atoms with E-state index < -0.39 is 11.7 Å². The Hall–Kier alpha value is -2.43. The predicted molar refractivity (Wildman–Crippen MR) is 71.3 cm³/mol. The van der Waals surface area contributed by atoms with Gasteiger partial charge in [-0.25, -0.2) is 14.6 Å². The number of nitrogens with zero attached hydrogens (tertiary/aromatic N) is 1. The molecule has 0 amide bonds. The SMILES string of the molecule is CC(C)c1ccc(-c2[nH]c(=O)ncc2C(=O)O)cc1. The molecule has 98 valence electrons. The zero-order chi connectivity index (χ0) is 14.0. The first-order valence-electron chi connectivity index (χ1n) is 5.92. The third-order valence-corrected chi connectivity index (χ3v) is 2.91. The van der Waals surface area contributed by atoms with Crippen molar-refractivity contribution >= 4 is 5.97 Å². The first-order chi connectivity index (χ1) is 8.99. The van der Waals surface area contributed by atoms with Gasteiger partial charge >= 0.3 is 11.7 Å². The summed E-state index contributed by atoms with van der Waals surface area (Å²) in [6.45, 7) is 4.15. The Kier molecular flexibility index (Phi) is 3.46. The van der Waals surface area contributed by atoms with Crippen LogP contribution in [0.5, 0.6) is 0 Å². The summed E-state index contributed by atoms with van der Waals surface area (Å²) < 4.78 is 0. The van der Waals surface area contributed by atoms with Crippen molar-refractivity contribution < 1.29 is 9.90 Å². The standard InChI is InChI=1S/C14H14N2O3/c1-8(2)9-3-5-10(6-4-9)12-11(13(17)18)7-15-14(19)16-12/h3-8H,1-2H3,(H,17,18)(H,15,16,19). The van der Waals surface area contributed by atoms with Crippen molar-refractivity contribution in [3.05, 3.63) is 52.1 Å². The molecule has 1 heterocycles. The summed E-state index contributed by atoms with van der Waals surface area (Å²) in [5, 5.41) is 9.10. The molecule has 5 nitrogen and oxygen atoms in total. The van der Waals surface area contributed by atoms with Crippen molar-refractivity contribution in [2.45, 2.75) is 19.8 Å². The minimum Gasteiger partial charge on any atom is -0.478 e. The summed E-state index contributed by atoms with van der Waals surface area (Å²) in [7, 11) is 0. The first-order valence-corrected chi connectivity index (χ1v) is 5.92. The zero-order valence-corrected chi connectivity index (χ0v) is 10.7. The number of carboxylic acids is 1. The van der Waals surface area contributed by atoms with Crippen LogP contribution in [0.15, 0.2) is 35.3 Å². The van der Waals surface area contributed by atoms with Crippen LogP contribution in [0.3, 0.4) is 0 Å². The van der Waals surface area contributed by atoms with Crippen LogP contribution in [0.2, 0.25) is 0 Å². The molecule has 0 bridgehead atoms. The number of nitrogens with one attached hydrogen (secondary N) is 1. The van der Waals surface area contributed by atoms with Crippen molar-refractivity contribution in [2.24, 2.45) is 0 Å². The summed E-state index contributed by atoms with van der Waals surface area (Å²) >= 11 is 0. The third kappa shape index (κ3) is 2.70. The van der Waals surface area contributed by atoms with Gasteiger partial charge in [0.1, 0.15) is 5.56 Å². The second-order valence-electron chi connectivity index (χ2n) is 4.56. The number of aromatic nitrogens is 2. The number of aromatic amines is 1. The highest BCUT2D eigenvalue weighted by atomic mass is 16.4. The molecule has 2 rings (SSSR count). The van der Waals surface area contributed by atoms with E-state index in [0.29, 0.717) is 11.5 Å². The molecule has 5 heteroatoms. The molecule has 19 heavy (non-hydrogen) atoms. The Labute approximate surface area is 110 Å². The van der Waals surface area contributed by atoms with Crippen LogP contribution in [0.1, 0.15) is 35.7 Å². The molecule has 0 saturated heterocycles. The fourth-order valence-electron chi connectivity index (χ4n) is 1.82. The van der Waals surface area contributed by atoms with Crippen LogP contribution in [0.4, 0.5) is 0 Å². The average molecular weight is 258 g/mol. The monoisotopic (exact) mass is 258 g/mol. The van der Waals surface area contributed by atoms with Crippen LogP contribution < -0.4 is 5.69 Å². The highest BCUT2D eigenvalue weighted by molar-refractivity contribution is 5.94. The van der Waals surface area contributed by atoms with Crippen molar-refractivity contribution in [3.8, 4) is 11.3 Å². The van der Waals surface area contributed by atoms with Crippen LogP contribution in [0.25, 0.3) is 11.3 Å². The maximum absolute atomic E-state index is 11.3. The smallest absolute Gasteiger partial charge is 0.345 e. The lowest BCUT2D eigenvalue weighted by Gasteiger charge is -2.08. The Bertz CT molecular complexity index is 657. The van der Waals surface area contributed by atoms with Gasteiger partial charge in [0.05, 0.1) is 5.69 Å². The highest BCUT2D eigenvalue weighted by Crippen LogP contribution is 2.22. The first kappa shape index (κ1) is 13.0. The fourth-order valence-corrected chi connectivity index (χ4v) is 1.82. The van der Waals surface area contributed by atoms with E-state index >= 15 is 0 Å². The van der Waals surface area contributed by atoms with E-state index in [1.54, 1.807) is 12.1 Å². The highest BCUT2D eigenvalue weighted by Gasteiger charge is 2.13. The molecule has 0 radical (unpaired) electrons. The van der Waals surface area contributed by atoms with Crippen LogP contribution >= 0.6 is 0 Å². The molecule has 2 aromatic rings. The van der Waals surface area contributed by atoms with E-state index in [2.05, 4.69) is 23.8 Å². The molecule has 0 spiro atoms. The number of aromatic carboxylic acids is 1. The van der Waals surface area contributed by atoms with Gasteiger partial charge in [-0.3, -0.25) is 0 Å². The maximum Gasteiger partial charge on any atom is 0.345 e. The van der Waals surface area contributed by atoms with Crippen molar-refractivity contribution in [1.82, 2.24) is 9.97 Å². The number of H-pyrrole nitrogens is 1. The van der Waals surface area contributed by atoms with Crippen LogP contribution in [0, 0.1) is 0 Å². The molecule has 2 N–H and O–H groups in total. The van der Waals surface area contributed by atoms with Crippen molar-refractivity contribution in [2.75, 3.05) is 0 Å². The molecule has 0 saturated carbocycles. The largest absolute Gasteiger partial charge is 0.478 e. The fraction of sp³-hybridized carbons (Fsp3) is 0.214. The van der Waals surface area contributed by atoms with E-state index in [-0.39, 0.29) is 11.3 Å². The van der Waals surface area contributed by atoms with Gasteiger partial charge in [-0.1, -0.05) is 38.1 Å². The Morgan fingerprint density at radius 1 is 1.26 bits per heavy atom. The molecular formula is C14H14N2O3. The number of rotatable bonds is 3. The topological polar surface area (TPSA) is 83.0 Å². The van der Waals surface area contributed by atoms with Gasteiger partial charge in [0.15, 0.2) is 0 Å². The normalized spacial score (nSPS) is 10.7. The van der Waals surface area contributed by atoms with E-state index in [1.807, 2.05) is 12.1 Å². The molecule has 0 aliphatic rings. The third-order valence-electron chi connectivity index (χ3n) is 2.91. The number of hydrogen-bond donors (Lipinski definition) is 2. The van der Waals surface area contributed by atoms with Gasteiger partial charge in [0.25, 0.3) is 0 Å². The minimum atomic E-state index is -1.12. The second-order valence-corrected chi connectivity index (χ2v) is 4.56. The number of benzene rings is 1. The molecule has 0 aliphatic heterocycles. The summed E-state index contributed by atoms with van der Waals surface area (Å²) in [5.74, 6) is -0.726. The van der Waals surface area contributed by atoms with Crippen LogP contribution in [-0.2, 0) is 0 Å². The predicted octanol–water partition coefficient (Wildman–Crippen LogP) is 2.26. The minimum absolute atomic E-state index is 0.0168. The second kappa shape index (κ2) is 5.06. The molecule has 0 unspecified atom stereocenters. The maximum atomic E-state index is 11.3. The molecule has 1 aromatic heterocycles. The van der Waals surface area contributed by atoms with Crippen molar-refractivity contribution in [1.29, 1.82) is 0 Å². The number of carbonyl (C=O) groups is 1. The van der Waals surface area contributed by atoms with E-state index in [0.717, 1.165) is 11.8 Å². The van der Waals surface area contributed by atoms with E-state index in [4.69, 9.17) is 5.11 Å². The average Bonchev–Trinajstić information content (AvgIpc) is 2.38. The lowest BCUT2D eigenvalue weighted by Crippen LogP contribution is -2.15. The van der Waals surface area contributed by atoms with Gasteiger partial charge < -0.3 is 10.1 Å². The van der Waals surface area contributed by atoms with E-state index in [9.17, 15) is 9.59 Å². The van der Waals surface area contributed by atoms with E-state index in [1.165, 1.54) is 0 Å². The quantitative estimate of drug-likeness (QED) is 0.884.